The van der Waals surface area contributed by atoms with E-state index >= 15 is 0 Å². The van der Waals surface area contributed by atoms with Gasteiger partial charge in [0.2, 0.25) is 6.79 Å². The molecule has 1 aromatic carbocycles. The van der Waals surface area contributed by atoms with Gasteiger partial charge in [0.25, 0.3) is 0 Å². The van der Waals surface area contributed by atoms with Crippen LogP contribution in [-0.4, -0.2) is 16.3 Å². The van der Waals surface area contributed by atoms with E-state index in [4.69, 9.17) is 26.8 Å². The minimum absolute atomic E-state index is 0.193. The number of ether oxygens (including phenoxy) is 2. The quantitative estimate of drug-likeness (QED) is 0.938. The molecule has 1 aliphatic heterocycles. The minimum atomic E-state index is 0.193. The zero-order valence-corrected chi connectivity index (χ0v) is 11.3. The smallest absolute Gasteiger partial charge is 0.231 e. The Balaban J connectivity index is 2.05. The number of aryl methyl sites for hydroxylation is 1. The van der Waals surface area contributed by atoms with Gasteiger partial charge in [0.15, 0.2) is 11.5 Å². The van der Waals surface area contributed by atoms with E-state index in [0.29, 0.717) is 28.0 Å². The molecule has 0 saturated heterocycles. The van der Waals surface area contributed by atoms with Crippen LogP contribution in [0.25, 0.3) is 11.3 Å². The summed E-state index contributed by atoms with van der Waals surface area (Å²) < 4.78 is 12.6. The van der Waals surface area contributed by atoms with Gasteiger partial charge in [-0.25, -0.2) is 4.98 Å². The van der Waals surface area contributed by atoms with Gasteiger partial charge in [-0.15, -0.1) is 0 Å². The molecule has 6 heteroatoms. The first-order chi connectivity index (χ1) is 9.20. The Morgan fingerprint density at radius 3 is 3.05 bits per heavy atom. The van der Waals surface area contributed by atoms with Gasteiger partial charge < -0.3 is 19.8 Å². The van der Waals surface area contributed by atoms with Crippen molar-refractivity contribution in [1.82, 2.24) is 9.55 Å². The van der Waals surface area contributed by atoms with Gasteiger partial charge in [-0.3, -0.25) is 0 Å². The minimum Gasteiger partial charge on any atom is -0.454 e. The van der Waals surface area contributed by atoms with E-state index in [9.17, 15) is 0 Å². The number of hydrogen-bond acceptors (Lipinski definition) is 4. The zero-order chi connectivity index (χ0) is 13.4. The maximum atomic E-state index is 6.16. The van der Waals surface area contributed by atoms with Gasteiger partial charge >= 0.3 is 0 Å². The van der Waals surface area contributed by atoms with Crippen molar-refractivity contribution < 1.29 is 9.47 Å². The zero-order valence-electron chi connectivity index (χ0n) is 10.5. The number of anilines is 1. The Kier molecular flexibility index (Phi) is 2.98. The van der Waals surface area contributed by atoms with Gasteiger partial charge in [0.05, 0.1) is 11.3 Å². The molecule has 100 valence electrons. The molecule has 2 heterocycles. The first-order valence-electron chi connectivity index (χ1n) is 6.10. The summed E-state index contributed by atoms with van der Waals surface area (Å²) in [5, 5.41) is 0.509. The first-order valence-corrected chi connectivity index (χ1v) is 6.48. The molecular weight excluding hydrogens is 266 g/mol. The predicted octanol–water partition coefficient (Wildman–Crippen LogP) is 2.92. The van der Waals surface area contributed by atoms with Crippen molar-refractivity contribution in [3.8, 4) is 22.8 Å². The lowest BCUT2D eigenvalue weighted by molar-refractivity contribution is 0.174. The van der Waals surface area contributed by atoms with Crippen LogP contribution in [0.3, 0.4) is 0 Å². The van der Waals surface area contributed by atoms with Crippen molar-refractivity contribution in [1.29, 1.82) is 0 Å². The Labute approximate surface area is 115 Å². The summed E-state index contributed by atoms with van der Waals surface area (Å²) >= 11 is 6.16. The van der Waals surface area contributed by atoms with E-state index in [1.807, 2.05) is 10.6 Å². The molecule has 0 spiro atoms. The maximum Gasteiger partial charge on any atom is 0.231 e. The molecule has 2 N–H and O–H groups in total. The van der Waals surface area contributed by atoms with Crippen LogP contribution in [0.5, 0.6) is 11.5 Å². The van der Waals surface area contributed by atoms with Crippen LogP contribution in [0.15, 0.2) is 18.5 Å². The molecule has 0 radical (unpaired) electrons. The Morgan fingerprint density at radius 1 is 1.42 bits per heavy atom. The third-order valence-corrected chi connectivity index (χ3v) is 3.32. The molecular formula is C13H14ClN3O2. The molecule has 0 atom stereocenters. The van der Waals surface area contributed by atoms with Crippen molar-refractivity contribution in [2.45, 2.75) is 19.9 Å². The molecule has 1 aromatic heterocycles. The summed E-state index contributed by atoms with van der Waals surface area (Å²) in [6.45, 7) is 3.13. The fourth-order valence-corrected chi connectivity index (χ4v) is 2.40. The lowest BCUT2D eigenvalue weighted by Gasteiger charge is -2.06. The summed E-state index contributed by atoms with van der Waals surface area (Å²) in [6, 6.07) is 3.65. The van der Waals surface area contributed by atoms with E-state index in [-0.39, 0.29) is 6.79 Å². The van der Waals surface area contributed by atoms with E-state index in [1.165, 1.54) is 0 Å². The summed E-state index contributed by atoms with van der Waals surface area (Å²) in [5.74, 6) is 1.85. The predicted molar refractivity (Wildman–Crippen MR) is 73.5 cm³/mol. The van der Waals surface area contributed by atoms with E-state index in [1.54, 1.807) is 12.4 Å². The van der Waals surface area contributed by atoms with Gasteiger partial charge in [-0.05, 0) is 18.6 Å². The fraction of sp³-hybridized carbons (Fsp3) is 0.308. The molecule has 3 rings (SSSR count). The van der Waals surface area contributed by atoms with Crippen molar-refractivity contribution in [3.05, 3.63) is 23.5 Å². The third kappa shape index (κ3) is 2.00. The van der Waals surface area contributed by atoms with Crippen LogP contribution in [0.4, 0.5) is 5.82 Å². The van der Waals surface area contributed by atoms with Crippen LogP contribution in [0, 0.1) is 0 Å². The molecule has 5 nitrogen and oxygen atoms in total. The Hall–Kier alpha value is -1.88. The monoisotopic (exact) mass is 279 g/mol. The van der Waals surface area contributed by atoms with E-state index in [2.05, 4.69) is 11.9 Å². The average molecular weight is 280 g/mol. The second-order valence-corrected chi connectivity index (χ2v) is 4.77. The Bertz CT molecular complexity index is 625. The number of rotatable bonds is 3. The number of halogens is 1. The highest BCUT2D eigenvalue weighted by atomic mass is 35.5. The van der Waals surface area contributed by atoms with Gasteiger partial charge in [-0.2, -0.15) is 0 Å². The standard InChI is InChI=1S/C13H14ClN3O2/c1-2-3-17-6-16-11(13(17)15)8-4-9(14)12-10(5-8)18-7-19-12/h4-6H,2-3,7,15H2,1H3. The summed E-state index contributed by atoms with van der Waals surface area (Å²) in [5.41, 5.74) is 7.65. The van der Waals surface area contributed by atoms with Crippen molar-refractivity contribution in [2.75, 3.05) is 12.5 Å². The van der Waals surface area contributed by atoms with Crippen LogP contribution < -0.4 is 15.2 Å². The van der Waals surface area contributed by atoms with E-state index < -0.39 is 0 Å². The topological polar surface area (TPSA) is 62.3 Å². The SMILES string of the molecule is CCCn1cnc(-c2cc(Cl)c3c(c2)OCO3)c1N. The summed E-state index contributed by atoms with van der Waals surface area (Å²) in [4.78, 5) is 4.35. The number of nitrogen functional groups attached to an aromatic ring is 1. The third-order valence-electron chi connectivity index (χ3n) is 3.04. The Morgan fingerprint density at radius 2 is 2.26 bits per heavy atom. The summed E-state index contributed by atoms with van der Waals surface area (Å²) in [7, 11) is 0. The van der Waals surface area contributed by atoms with E-state index in [0.717, 1.165) is 18.5 Å². The van der Waals surface area contributed by atoms with Gasteiger partial charge in [-0.1, -0.05) is 18.5 Å². The molecule has 2 aromatic rings. The molecule has 0 bridgehead atoms. The largest absolute Gasteiger partial charge is 0.454 e. The lowest BCUT2D eigenvalue weighted by Crippen LogP contribution is -2.01. The average Bonchev–Trinajstić information content (AvgIpc) is 2.98. The molecule has 0 aliphatic carbocycles. The van der Waals surface area contributed by atoms with Crippen LogP contribution in [0.1, 0.15) is 13.3 Å². The number of fused-ring (bicyclic) bond motifs is 1. The van der Waals surface area contributed by atoms with Crippen LogP contribution >= 0.6 is 11.6 Å². The van der Waals surface area contributed by atoms with Crippen molar-refractivity contribution >= 4 is 17.4 Å². The summed E-state index contributed by atoms with van der Waals surface area (Å²) in [6.07, 6.45) is 2.74. The van der Waals surface area contributed by atoms with Gasteiger partial charge in [0, 0.05) is 12.1 Å². The van der Waals surface area contributed by atoms with Crippen LogP contribution in [-0.2, 0) is 6.54 Å². The number of nitrogens with zero attached hydrogens (tertiary/aromatic N) is 2. The molecule has 19 heavy (non-hydrogen) atoms. The molecule has 0 saturated carbocycles. The number of nitrogens with two attached hydrogens (primary N) is 1. The van der Waals surface area contributed by atoms with Crippen molar-refractivity contribution in [3.63, 3.8) is 0 Å². The highest BCUT2D eigenvalue weighted by molar-refractivity contribution is 6.32. The normalized spacial score (nSPS) is 12.9. The molecule has 1 aliphatic rings. The highest BCUT2D eigenvalue weighted by Crippen LogP contribution is 2.42. The number of benzene rings is 1. The second kappa shape index (κ2) is 4.66. The molecule has 0 fully saturated rings. The number of hydrogen-bond donors (Lipinski definition) is 1. The number of imidazole rings is 1. The maximum absolute atomic E-state index is 6.16. The van der Waals surface area contributed by atoms with Crippen molar-refractivity contribution in [2.24, 2.45) is 0 Å². The van der Waals surface area contributed by atoms with Gasteiger partial charge in [0.1, 0.15) is 11.5 Å². The fourth-order valence-electron chi connectivity index (χ4n) is 2.14. The number of aromatic nitrogens is 2. The second-order valence-electron chi connectivity index (χ2n) is 4.36. The van der Waals surface area contributed by atoms with Crippen LogP contribution in [0.2, 0.25) is 5.02 Å². The molecule has 0 amide bonds. The lowest BCUT2D eigenvalue weighted by atomic mass is 10.1. The first kappa shape index (κ1) is 12.2. The highest BCUT2D eigenvalue weighted by Gasteiger charge is 2.20. The molecule has 0 unspecified atom stereocenters.